The van der Waals surface area contributed by atoms with Crippen molar-refractivity contribution in [3.63, 3.8) is 0 Å². The van der Waals surface area contributed by atoms with Gasteiger partial charge in [0.1, 0.15) is 0 Å². The third kappa shape index (κ3) is 2.58. The smallest absolute Gasteiger partial charge is 0.0656 e. The van der Waals surface area contributed by atoms with E-state index in [1.54, 1.807) is 0 Å². The summed E-state index contributed by atoms with van der Waals surface area (Å²) in [6.07, 6.45) is 4.27. The van der Waals surface area contributed by atoms with Crippen LogP contribution in [-0.2, 0) is 4.74 Å². The van der Waals surface area contributed by atoms with Gasteiger partial charge in [0, 0.05) is 6.04 Å². The highest BCUT2D eigenvalue weighted by Gasteiger charge is 2.40. The van der Waals surface area contributed by atoms with E-state index in [0.717, 1.165) is 12.8 Å². The van der Waals surface area contributed by atoms with E-state index < -0.39 is 0 Å². The van der Waals surface area contributed by atoms with E-state index in [-0.39, 0.29) is 5.41 Å². The zero-order valence-corrected chi connectivity index (χ0v) is 9.62. The van der Waals surface area contributed by atoms with Crippen LogP contribution in [0.4, 0.5) is 0 Å². The second-order valence-electron chi connectivity index (χ2n) is 5.21. The number of rotatable bonds is 3. The molecule has 2 N–H and O–H groups in total. The van der Waals surface area contributed by atoms with Crippen molar-refractivity contribution in [2.75, 3.05) is 6.61 Å². The molecule has 2 nitrogen and oxygen atoms in total. The molecule has 3 atom stereocenters. The van der Waals surface area contributed by atoms with Crippen molar-refractivity contribution in [3.05, 3.63) is 12.7 Å². The van der Waals surface area contributed by atoms with Crippen molar-refractivity contribution >= 4 is 0 Å². The third-order valence-electron chi connectivity index (χ3n) is 3.14. The lowest BCUT2D eigenvalue weighted by molar-refractivity contribution is -0.0754. The minimum absolute atomic E-state index is 0.195. The van der Waals surface area contributed by atoms with Gasteiger partial charge < -0.3 is 10.5 Å². The van der Waals surface area contributed by atoms with Crippen LogP contribution in [0.1, 0.15) is 33.6 Å². The van der Waals surface area contributed by atoms with Gasteiger partial charge in [-0.05, 0) is 24.2 Å². The minimum atomic E-state index is 0.195. The third-order valence-corrected chi connectivity index (χ3v) is 3.14. The molecule has 0 aromatic rings. The molecule has 1 fully saturated rings. The Morgan fingerprint density at radius 1 is 1.57 bits per heavy atom. The molecule has 0 heterocycles. The maximum atomic E-state index is 6.02. The molecule has 1 aliphatic carbocycles. The minimum Gasteiger partial charge on any atom is -0.373 e. The van der Waals surface area contributed by atoms with Crippen LogP contribution < -0.4 is 5.73 Å². The number of hydrogen-bond donors (Lipinski definition) is 1. The molecule has 0 spiro atoms. The van der Waals surface area contributed by atoms with Crippen molar-refractivity contribution in [2.24, 2.45) is 17.1 Å². The monoisotopic (exact) mass is 197 g/mol. The summed E-state index contributed by atoms with van der Waals surface area (Å²) >= 11 is 0. The fraction of sp³-hybridized carbons (Fsp3) is 0.833. The summed E-state index contributed by atoms with van der Waals surface area (Å²) < 4.78 is 5.83. The average Bonchev–Trinajstić information content (AvgIpc) is 2.00. The Morgan fingerprint density at radius 3 is 2.71 bits per heavy atom. The van der Waals surface area contributed by atoms with Gasteiger partial charge >= 0.3 is 0 Å². The van der Waals surface area contributed by atoms with E-state index in [1.165, 1.54) is 0 Å². The van der Waals surface area contributed by atoms with E-state index in [2.05, 4.69) is 27.4 Å². The van der Waals surface area contributed by atoms with Crippen LogP contribution in [-0.4, -0.2) is 18.8 Å². The topological polar surface area (TPSA) is 35.2 Å². The van der Waals surface area contributed by atoms with Crippen molar-refractivity contribution in [3.8, 4) is 0 Å². The number of nitrogens with two attached hydrogens (primary N) is 1. The highest BCUT2D eigenvalue weighted by atomic mass is 16.5. The first-order valence-corrected chi connectivity index (χ1v) is 5.45. The largest absolute Gasteiger partial charge is 0.373 e. The summed E-state index contributed by atoms with van der Waals surface area (Å²) in [6.45, 7) is 11.1. The van der Waals surface area contributed by atoms with Gasteiger partial charge in [-0.2, -0.15) is 0 Å². The Hall–Kier alpha value is -0.340. The maximum Gasteiger partial charge on any atom is 0.0656 e. The molecule has 0 saturated heterocycles. The lowest BCUT2D eigenvalue weighted by Crippen LogP contribution is -2.48. The van der Waals surface area contributed by atoms with Crippen molar-refractivity contribution < 1.29 is 4.74 Å². The van der Waals surface area contributed by atoms with Gasteiger partial charge in [-0.15, -0.1) is 6.58 Å². The Labute approximate surface area is 87.5 Å². The van der Waals surface area contributed by atoms with Crippen LogP contribution >= 0.6 is 0 Å². The zero-order chi connectivity index (χ0) is 10.8. The maximum absolute atomic E-state index is 6.02. The zero-order valence-electron chi connectivity index (χ0n) is 9.62. The number of ether oxygens (including phenoxy) is 1. The van der Waals surface area contributed by atoms with Crippen LogP contribution in [0.3, 0.4) is 0 Å². The fourth-order valence-electron chi connectivity index (χ4n) is 2.81. The summed E-state index contributed by atoms with van der Waals surface area (Å²) in [7, 11) is 0. The van der Waals surface area contributed by atoms with Crippen molar-refractivity contribution in [2.45, 2.75) is 45.8 Å². The van der Waals surface area contributed by atoms with Gasteiger partial charge in [-0.3, -0.25) is 0 Å². The normalized spacial score (nSPS) is 36.7. The molecule has 0 aromatic carbocycles. The molecule has 82 valence electrons. The van der Waals surface area contributed by atoms with E-state index in [4.69, 9.17) is 10.5 Å². The van der Waals surface area contributed by atoms with E-state index in [0.29, 0.717) is 24.7 Å². The predicted molar refractivity (Wildman–Crippen MR) is 60.1 cm³/mol. The molecule has 0 amide bonds. The SMILES string of the molecule is C=CCOC1C(C)CC(N)CC1(C)C. The molecule has 0 bridgehead atoms. The second-order valence-corrected chi connectivity index (χ2v) is 5.21. The van der Waals surface area contributed by atoms with Gasteiger partial charge in [-0.25, -0.2) is 0 Å². The van der Waals surface area contributed by atoms with Gasteiger partial charge in [0.05, 0.1) is 12.7 Å². The summed E-state index contributed by atoms with van der Waals surface area (Å²) in [6, 6.07) is 0.337. The van der Waals surface area contributed by atoms with E-state index in [9.17, 15) is 0 Å². The molecular weight excluding hydrogens is 174 g/mol. The number of hydrogen-bond acceptors (Lipinski definition) is 2. The second kappa shape index (κ2) is 4.45. The summed E-state index contributed by atoms with van der Waals surface area (Å²) in [5.41, 5.74) is 6.21. The predicted octanol–water partition coefficient (Wildman–Crippen LogP) is 2.34. The molecular formula is C12H23NO. The highest BCUT2D eigenvalue weighted by Crippen LogP contribution is 2.40. The van der Waals surface area contributed by atoms with Crippen molar-refractivity contribution in [1.82, 2.24) is 0 Å². The molecule has 0 aliphatic heterocycles. The molecule has 0 radical (unpaired) electrons. The molecule has 1 rings (SSSR count). The van der Waals surface area contributed by atoms with Gasteiger partial charge in [0.25, 0.3) is 0 Å². The average molecular weight is 197 g/mol. The Kier molecular flexibility index (Phi) is 3.73. The molecule has 14 heavy (non-hydrogen) atoms. The van der Waals surface area contributed by atoms with Crippen LogP contribution in [0.2, 0.25) is 0 Å². The van der Waals surface area contributed by atoms with Gasteiger partial charge in [-0.1, -0.05) is 26.8 Å². The quantitative estimate of drug-likeness (QED) is 0.705. The highest BCUT2D eigenvalue weighted by molar-refractivity contribution is 4.93. The molecule has 3 unspecified atom stereocenters. The van der Waals surface area contributed by atoms with Crippen LogP contribution in [0.5, 0.6) is 0 Å². The Bertz CT molecular complexity index is 200. The van der Waals surface area contributed by atoms with Gasteiger partial charge in [0.15, 0.2) is 0 Å². The summed E-state index contributed by atoms with van der Waals surface area (Å²) in [5, 5.41) is 0. The summed E-state index contributed by atoms with van der Waals surface area (Å²) in [5.74, 6) is 0.550. The van der Waals surface area contributed by atoms with Crippen molar-refractivity contribution in [1.29, 1.82) is 0 Å². The summed E-state index contributed by atoms with van der Waals surface area (Å²) in [4.78, 5) is 0. The van der Waals surface area contributed by atoms with Gasteiger partial charge in [0.2, 0.25) is 0 Å². The molecule has 0 aromatic heterocycles. The first-order chi connectivity index (χ1) is 6.47. The lowest BCUT2D eigenvalue weighted by Gasteiger charge is -2.44. The fourth-order valence-corrected chi connectivity index (χ4v) is 2.81. The van der Waals surface area contributed by atoms with E-state index in [1.807, 2.05) is 6.08 Å². The Balaban J connectivity index is 2.64. The first kappa shape index (κ1) is 11.7. The van der Waals surface area contributed by atoms with E-state index >= 15 is 0 Å². The first-order valence-electron chi connectivity index (χ1n) is 5.45. The molecule has 1 aliphatic rings. The standard InChI is InChI=1S/C12H23NO/c1-5-6-14-11-9(2)7-10(13)8-12(11,3)4/h5,9-11H,1,6-8,13H2,2-4H3. The van der Waals surface area contributed by atoms with Crippen LogP contribution in [0, 0.1) is 11.3 Å². The Morgan fingerprint density at radius 2 is 2.21 bits per heavy atom. The molecule has 1 saturated carbocycles. The lowest BCUT2D eigenvalue weighted by atomic mass is 9.68. The van der Waals surface area contributed by atoms with Crippen LogP contribution in [0.25, 0.3) is 0 Å². The van der Waals surface area contributed by atoms with Crippen LogP contribution in [0.15, 0.2) is 12.7 Å². The molecule has 2 heteroatoms.